The third kappa shape index (κ3) is 2.01. The van der Waals surface area contributed by atoms with E-state index < -0.39 is 11.7 Å². The van der Waals surface area contributed by atoms with Crippen molar-refractivity contribution in [1.29, 1.82) is 5.26 Å². The van der Waals surface area contributed by atoms with Gasteiger partial charge in [0.1, 0.15) is 23.2 Å². The van der Waals surface area contributed by atoms with Gasteiger partial charge in [0.15, 0.2) is 0 Å². The van der Waals surface area contributed by atoms with Gasteiger partial charge in [-0.2, -0.15) is 5.26 Å². The molecule has 4 rings (SSSR count). The minimum absolute atomic E-state index is 0.00138. The van der Waals surface area contributed by atoms with Gasteiger partial charge in [-0.15, -0.1) is 0 Å². The number of hydrogen-bond donors (Lipinski definition) is 1. The van der Waals surface area contributed by atoms with Crippen molar-refractivity contribution in [2.45, 2.75) is 5.92 Å². The van der Waals surface area contributed by atoms with Crippen LogP contribution in [0.2, 0.25) is 0 Å². The van der Waals surface area contributed by atoms with Crippen molar-refractivity contribution >= 4 is 10.9 Å². The Morgan fingerprint density at radius 3 is 2.75 bits per heavy atom. The number of nitrogens with zero attached hydrogens (tertiary/aromatic N) is 2. The Labute approximate surface area is 137 Å². The molecule has 5 heteroatoms. The zero-order valence-electron chi connectivity index (χ0n) is 12.5. The maximum absolute atomic E-state index is 14.5. The van der Waals surface area contributed by atoms with Gasteiger partial charge in [0.2, 0.25) is 5.88 Å². The summed E-state index contributed by atoms with van der Waals surface area (Å²) in [6.45, 7) is 0. The number of rotatable bonds is 1. The number of pyridine rings is 1. The molecular formula is C19H12FN3O. The van der Waals surface area contributed by atoms with Crippen molar-refractivity contribution in [3.05, 3.63) is 83.1 Å². The van der Waals surface area contributed by atoms with E-state index in [4.69, 9.17) is 10.5 Å². The lowest BCUT2D eigenvalue weighted by atomic mass is 9.81. The Bertz CT molecular complexity index is 1040. The fourth-order valence-corrected chi connectivity index (χ4v) is 3.14. The van der Waals surface area contributed by atoms with Crippen molar-refractivity contribution in [2.24, 2.45) is 5.73 Å². The van der Waals surface area contributed by atoms with Crippen molar-refractivity contribution < 1.29 is 9.13 Å². The first-order valence-corrected chi connectivity index (χ1v) is 7.40. The second-order valence-corrected chi connectivity index (χ2v) is 5.49. The smallest absolute Gasteiger partial charge is 0.205 e. The zero-order chi connectivity index (χ0) is 16.7. The molecule has 0 saturated carbocycles. The number of halogens is 1. The van der Waals surface area contributed by atoms with Crippen molar-refractivity contribution in [2.75, 3.05) is 0 Å². The highest BCUT2D eigenvalue weighted by atomic mass is 19.1. The molecule has 0 saturated heterocycles. The Morgan fingerprint density at radius 1 is 1.12 bits per heavy atom. The van der Waals surface area contributed by atoms with Crippen LogP contribution in [0, 0.1) is 17.1 Å². The number of allylic oxidation sites excluding steroid dienone is 1. The fourth-order valence-electron chi connectivity index (χ4n) is 3.14. The first-order chi connectivity index (χ1) is 11.7. The third-order valence-corrected chi connectivity index (χ3v) is 4.19. The first-order valence-electron chi connectivity index (χ1n) is 7.40. The molecule has 1 aliphatic heterocycles. The maximum Gasteiger partial charge on any atom is 0.205 e. The number of nitrogens with two attached hydrogens (primary N) is 1. The van der Waals surface area contributed by atoms with Gasteiger partial charge in [0.05, 0.1) is 11.4 Å². The largest absolute Gasteiger partial charge is 0.440 e. The van der Waals surface area contributed by atoms with E-state index >= 15 is 0 Å². The number of benzene rings is 2. The molecule has 4 nitrogen and oxygen atoms in total. The van der Waals surface area contributed by atoms with Crippen LogP contribution in [0.3, 0.4) is 0 Å². The summed E-state index contributed by atoms with van der Waals surface area (Å²) < 4.78 is 20.1. The second kappa shape index (κ2) is 5.36. The summed E-state index contributed by atoms with van der Waals surface area (Å²) in [5.74, 6) is -0.508. The average Bonchev–Trinajstić information content (AvgIpc) is 2.61. The van der Waals surface area contributed by atoms with Crippen LogP contribution in [0.5, 0.6) is 5.75 Å². The molecule has 3 aromatic rings. The summed E-state index contributed by atoms with van der Waals surface area (Å²) in [5, 5.41) is 10.4. The lowest BCUT2D eigenvalue weighted by Crippen LogP contribution is -2.22. The molecule has 1 atom stereocenters. The molecule has 2 N–H and O–H groups in total. The van der Waals surface area contributed by atoms with Crippen LogP contribution in [0.15, 0.2) is 66.2 Å². The van der Waals surface area contributed by atoms with Gasteiger partial charge < -0.3 is 10.5 Å². The van der Waals surface area contributed by atoms with Gasteiger partial charge in [0.25, 0.3) is 0 Å². The lowest BCUT2D eigenvalue weighted by Gasteiger charge is -2.27. The van der Waals surface area contributed by atoms with Crippen LogP contribution in [-0.2, 0) is 0 Å². The van der Waals surface area contributed by atoms with Crippen LogP contribution >= 0.6 is 0 Å². The summed E-state index contributed by atoms with van der Waals surface area (Å²) in [6, 6.07) is 15.7. The molecule has 0 radical (unpaired) electrons. The van der Waals surface area contributed by atoms with Gasteiger partial charge in [0, 0.05) is 22.7 Å². The van der Waals surface area contributed by atoms with Gasteiger partial charge in [-0.25, -0.2) is 4.39 Å². The van der Waals surface area contributed by atoms with Crippen LogP contribution in [0.4, 0.5) is 4.39 Å². The van der Waals surface area contributed by atoms with E-state index in [1.165, 1.54) is 6.07 Å². The van der Waals surface area contributed by atoms with E-state index in [-0.39, 0.29) is 11.5 Å². The van der Waals surface area contributed by atoms with Gasteiger partial charge in [-0.3, -0.25) is 4.98 Å². The molecular weight excluding hydrogens is 305 g/mol. The summed E-state index contributed by atoms with van der Waals surface area (Å²) in [5.41, 5.74) is 7.96. The summed E-state index contributed by atoms with van der Waals surface area (Å²) in [7, 11) is 0. The Hall–Kier alpha value is -3.39. The molecule has 1 aliphatic rings. The van der Waals surface area contributed by atoms with E-state index in [1.807, 2.05) is 12.1 Å². The number of hydrogen-bond acceptors (Lipinski definition) is 4. The fraction of sp³-hybridized carbons (Fsp3) is 0.0526. The summed E-state index contributed by atoms with van der Waals surface area (Å²) in [6.07, 6.45) is 1.69. The summed E-state index contributed by atoms with van der Waals surface area (Å²) >= 11 is 0. The normalized spacial score (nSPS) is 16.4. The number of aromatic nitrogens is 1. The minimum atomic E-state index is -0.632. The Morgan fingerprint density at radius 2 is 1.96 bits per heavy atom. The monoisotopic (exact) mass is 317 g/mol. The molecule has 0 aliphatic carbocycles. The van der Waals surface area contributed by atoms with Crippen LogP contribution in [-0.4, -0.2) is 4.98 Å². The van der Waals surface area contributed by atoms with E-state index in [0.717, 1.165) is 10.9 Å². The molecule has 1 aromatic heterocycles. The molecule has 116 valence electrons. The molecule has 0 fully saturated rings. The maximum atomic E-state index is 14.5. The summed E-state index contributed by atoms with van der Waals surface area (Å²) in [4.78, 5) is 4.33. The zero-order valence-corrected chi connectivity index (χ0v) is 12.5. The number of fused-ring (bicyclic) bond motifs is 3. The predicted octanol–water partition coefficient (Wildman–Crippen LogP) is 3.59. The quantitative estimate of drug-likeness (QED) is 0.744. The predicted molar refractivity (Wildman–Crippen MR) is 87.4 cm³/mol. The van der Waals surface area contributed by atoms with Gasteiger partial charge >= 0.3 is 0 Å². The van der Waals surface area contributed by atoms with Crippen molar-refractivity contribution in [3.8, 4) is 11.8 Å². The van der Waals surface area contributed by atoms with E-state index in [0.29, 0.717) is 16.9 Å². The molecule has 1 unspecified atom stereocenters. The van der Waals surface area contributed by atoms with E-state index in [9.17, 15) is 9.65 Å². The van der Waals surface area contributed by atoms with Crippen LogP contribution < -0.4 is 10.5 Å². The van der Waals surface area contributed by atoms with Crippen LogP contribution in [0.1, 0.15) is 17.0 Å². The first kappa shape index (κ1) is 14.2. The molecule has 0 bridgehead atoms. The Balaban J connectivity index is 2.10. The van der Waals surface area contributed by atoms with E-state index in [2.05, 4.69) is 11.1 Å². The Kier molecular flexibility index (Phi) is 3.17. The van der Waals surface area contributed by atoms with Gasteiger partial charge in [-0.1, -0.05) is 24.3 Å². The molecule has 2 heterocycles. The third-order valence-electron chi connectivity index (χ3n) is 4.19. The highest BCUT2D eigenvalue weighted by molar-refractivity contribution is 5.87. The van der Waals surface area contributed by atoms with Crippen molar-refractivity contribution in [3.63, 3.8) is 0 Å². The second-order valence-electron chi connectivity index (χ2n) is 5.49. The molecule has 24 heavy (non-hydrogen) atoms. The average molecular weight is 317 g/mol. The number of ether oxygens (including phenoxy) is 1. The highest BCUT2D eigenvalue weighted by Gasteiger charge is 2.33. The SMILES string of the molecule is N#CC1=C(N)Oc2ccc3ncccc3c2C1c1ccccc1F. The molecule has 2 aromatic carbocycles. The van der Waals surface area contributed by atoms with Gasteiger partial charge in [-0.05, 0) is 24.3 Å². The topological polar surface area (TPSA) is 71.9 Å². The minimum Gasteiger partial charge on any atom is -0.440 e. The number of nitriles is 1. The van der Waals surface area contributed by atoms with E-state index in [1.54, 1.807) is 36.5 Å². The standard InChI is InChI=1S/C19H12FN3O/c20-14-6-2-1-4-11(14)17-13(10-21)19(22)24-16-8-7-15-12(18(16)17)5-3-9-23-15/h1-9,17H,22H2. The molecule has 0 amide bonds. The molecule has 0 spiro atoms. The lowest BCUT2D eigenvalue weighted by molar-refractivity contribution is 0.394. The van der Waals surface area contributed by atoms with Crippen molar-refractivity contribution in [1.82, 2.24) is 4.98 Å². The highest BCUT2D eigenvalue weighted by Crippen LogP contribution is 2.45. The van der Waals surface area contributed by atoms with Crippen LogP contribution in [0.25, 0.3) is 10.9 Å².